The number of nitrogens with zero attached hydrogens (tertiary/aromatic N) is 1. The quantitative estimate of drug-likeness (QED) is 0.102. The van der Waals surface area contributed by atoms with Gasteiger partial charge in [0.1, 0.15) is 34.9 Å². The molecule has 0 amide bonds. The van der Waals surface area contributed by atoms with Gasteiger partial charge >= 0.3 is 0 Å². The molecule has 11 rings (SSSR count). The average Bonchev–Trinajstić information content (AvgIpc) is 3.14. The Morgan fingerprint density at radius 3 is 1.13 bits per heavy atom. The fraction of sp³-hybridized carbons (Fsp3) is 0. The number of halogens is 6. The van der Waals surface area contributed by atoms with E-state index in [-0.39, 0.29) is 44.2 Å². The Morgan fingerprint density at radius 2 is 0.717 bits per heavy atom. The molecule has 11 aromatic rings. The largest absolute Gasteiger partial charge is 0.306 e. The lowest BCUT2D eigenvalue weighted by Gasteiger charge is -2.25. The highest BCUT2D eigenvalue weighted by atomic mass is 19.2. The van der Waals surface area contributed by atoms with Crippen molar-refractivity contribution >= 4 is 70.4 Å². The molecule has 0 aliphatic rings. The van der Waals surface area contributed by atoms with Gasteiger partial charge in [0, 0.05) is 32.3 Å². The van der Waals surface area contributed by atoms with Gasteiger partial charge in [-0.3, -0.25) is 4.79 Å². The molecule has 0 saturated carbocycles. The molecule has 0 atom stereocenters. The van der Waals surface area contributed by atoms with Gasteiger partial charge < -0.3 is 4.40 Å². The van der Waals surface area contributed by atoms with Crippen LogP contribution in [-0.2, 0) is 0 Å². The molecule has 53 heavy (non-hydrogen) atoms. The standard InChI is InChI=1S/C45H19F6NO/c46-31-10-3-11-32(47)37(31)20-16-27-23-8-1-6-21-25(40-33(48)12-4-13-34(40)49)18-29-43(38(21)23)52-42(27)28(17-20)24-9-2-7-22-26(41-35(50)14-5-15-36(41)51)19-30(45(29)53)44(52)39(22)24/h1-19H. The zero-order valence-corrected chi connectivity index (χ0v) is 27.1. The first-order chi connectivity index (χ1) is 25.7. The topological polar surface area (TPSA) is 21.5 Å². The summed E-state index contributed by atoms with van der Waals surface area (Å²) in [6.45, 7) is 0. The highest BCUT2D eigenvalue weighted by Gasteiger charge is 2.29. The van der Waals surface area contributed by atoms with Crippen molar-refractivity contribution in [1.82, 2.24) is 4.40 Å². The van der Waals surface area contributed by atoms with Crippen LogP contribution in [0.15, 0.2) is 120 Å². The van der Waals surface area contributed by atoms with Crippen molar-refractivity contribution < 1.29 is 26.3 Å². The number of benzene rings is 8. The molecule has 0 spiro atoms. The molecule has 0 radical (unpaired) electrons. The highest BCUT2D eigenvalue weighted by molar-refractivity contribution is 6.36. The second-order valence-corrected chi connectivity index (χ2v) is 13.5. The number of aromatic nitrogens is 1. The van der Waals surface area contributed by atoms with Crippen LogP contribution in [0.5, 0.6) is 0 Å². The van der Waals surface area contributed by atoms with Crippen LogP contribution in [-0.4, -0.2) is 4.40 Å². The Kier molecular flexibility index (Phi) is 5.79. The molecule has 0 fully saturated rings. The summed E-state index contributed by atoms with van der Waals surface area (Å²) in [5.74, 6) is -4.87. The van der Waals surface area contributed by atoms with Crippen molar-refractivity contribution in [2.75, 3.05) is 0 Å². The van der Waals surface area contributed by atoms with Crippen LogP contribution in [0.1, 0.15) is 0 Å². The van der Waals surface area contributed by atoms with Crippen molar-refractivity contribution in [2.24, 2.45) is 0 Å². The Balaban J connectivity index is 1.48. The van der Waals surface area contributed by atoms with Crippen LogP contribution >= 0.6 is 0 Å². The van der Waals surface area contributed by atoms with Gasteiger partial charge in [0.15, 0.2) is 5.43 Å². The average molecular weight is 704 g/mol. The molecule has 8 aromatic carbocycles. The number of hydrogen-bond donors (Lipinski definition) is 0. The third-order valence-electron chi connectivity index (χ3n) is 10.8. The smallest absolute Gasteiger partial charge is 0.197 e. The van der Waals surface area contributed by atoms with Gasteiger partial charge in [-0.05, 0) is 98.9 Å². The van der Waals surface area contributed by atoms with E-state index in [1.807, 2.05) is 16.5 Å². The molecule has 0 aliphatic carbocycles. The van der Waals surface area contributed by atoms with E-state index in [1.165, 1.54) is 42.5 Å². The maximum atomic E-state index is 15.6. The van der Waals surface area contributed by atoms with Gasteiger partial charge in [0.05, 0.1) is 33.2 Å². The van der Waals surface area contributed by atoms with Crippen LogP contribution in [0, 0.1) is 34.9 Å². The maximum absolute atomic E-state index is 15.6. The number of hydrogen-bond acceptors (Lipinski definition) is 1. The molecular formula is C45H19F6NO. The normalized spacial score (nSPS) is 12.4. The molecule has 252 valence electrons. The number of pyridine rings is 3. The summed E-state index contributed by atoms with van der Waals surface area (Å²) in [6, 6.07) is 27.6. The molecule has 8 heteroatoms. The molecule has 2 nitrogen and oxygen atoms in total. The van der Waals surface area contributed by atoms with Crippen molar-refractivity contribution in [2.45, 2.75) is 0 Å². The first-order valence-electron chi connectivity index (χ1n) is 16.8. The van der Waals surface area contributed by atoms with Gasteiger partial charge in [-0.2, -0.15) is 0 Å². The van der Waals surface area contributed by atoms with E-state index >= 15 is 26.3 Å². The first-order valence-corrected chi connectivity index (χ1v) is 16.8. The monoisotopic (exact) mass is 703 g/mol. The molecule has 0 N–H and O–H groups in total. The molecule has 0 bridgehead atoms. The zero-order chi connectivity index (χ0) is 36.0. The summed E-state index contributed by atoms with van der Waals surface area (Å²) in [7, 11) is 0. The lowest BCUT2D eigenvalue weighted by molar-refractivity contribution is 0.589. The van der Waals surface area contributed by atoms with Crippen LogP contribution in [0.2, 0.25) is 0 Å². The maximum Gasteiger partial charge on any atom is 0.197 e. The molecule has 0 aliphatic heterocycles. The van der Waals surface area contributed by atoms with Gasteiger partial charge in [0.2, 0.25) is 0 Å². The van der Waals surface area contributed by atoms with Crippen molar-refractivity contribution in [3.63, 3.8) is 0 Å². The summed E-state index contributed by atoms with van der Waals surface area (Å²) >= 11 is 0. The SMILES string of the molecule is O=c1c2cc(-c3c(F)cccc3F)c3cccc4c5cc(-c6c(F)cccc6F)cc6c7cccc8c(-c9c(F)cccc9F)cc1c(c87)n(c56)c2c34. The molecule has 3 aromatic heterocycles. The van der Waals surface area contributed by atoms with Gasteiger partial charge in [0.25, 0.3) is 0 Å². The fourth-order valence-electron chi connectivity index (χ4n) is 8.78. The molecule has 0 unspecified atom stereocenters. The molecule has 0 saturated heterocycles. The second kappa shape index (κ2) is 10.2. The summed E-state index contributed by atoms with van der Waals surface area (Å²) in [5.41, 5.74) is 0.696. The Morgan fingerprint density at radius 1 is 0.358 bits per heavy atom. The Bertz CT molecular complexity index is 3190. The second-order valence-electron chi connectivity index (χ2n) is 13.5. The predicted molar refractivity (Wildman–Crippen MR) is 198 cm³/mol. The van der Waals surface area contributed by atoms with Crippen LogP contribution in [0.4, 0.5) is 26.3 Å². The van der Waals surface area contributed by atoms with E-state index < -0.39 is 40.3 Å². The lowest BCUT2D eigenvalue weighted by atomic mass is 9.85. The fourth-order valence-corrected chi connectivity index (χ4v) is 8.78. The minimum absolute atomic E-state index is 0.131. The number of fused-ring (bicyclic) bond motifs is 2. The zero-order valence-electron chi connectivity index (χ0n) is 27.1. The van der Waals surface area contributed by atoms with E-state index in [0.29, 0.717) is 59.6 Å². The van der Waals surface area contributed by atoms with Gasteiger partial charge in [-0.1, -0.05) is 54.6 Å². The Labute approximate surface area is 294 Å². The van der Waals surface area contributed by atoms with E-state index in [4.69, 9.17) is 0 Å². The van der Waals surface area contributed by atoms with Crippen molar-refractivity contribution in [3.8, 4) is 33.4 Å². The third-order valence-corrected chi connectivity index (χ3v) is 10.8. The van der Waals surface area contributed by atoms with Gasteiger partial charge in [-0.25, -0.2) is 26.3 Å². The number of rotatable bonds is 3. The van der Waals surface area contributed by atoms with Crippen LogP contribution < -0.4 is 5.43 Å². The summed E-state index contributed by atoms with van der Waals surface area (Å²) in [6.07, 6.45) is 0. The van der Waals surface area contributed by atoms with E-state index in [2.05, 4.69) is 0 Å². The summed E-state index contributed by atoms with van der Waals surface area (Å²) in [4.78, 5) is 14.9. The first kappa shape index (κ1) is 30.0. The summed E-state index contributed by atoms with van der Waals surface area (Å²) < 4.78 is 95.4. The Hall–Kier alpha value is -6.67. The van der Waals surface area contributed by atoms with Crippen molar-refractivity contribution in [1.29, 1.82) is 0 Å². The van der Waals surface area contributed by atoms with Crippen LogP contribution in [0.25, 0.3) is 104 Å². The lowest BCUT2D eigenvalue weighted by Crippen LogP contribution is -2.12. The van der Waals surface area contributed by atoms with E-state index in [9.17, 15) is 4.79 Å². The molecular weight excluding hydrogens is 684 g/mol. The van der Waals surface area contributed by atoms with E-state index in [0.717, 1.165) is 24.3 Å². The minimum atomic E-state index is -0.830. The highest BCUT2D eigenvalue weighted by Crippen LogP contribution is 2.49. The molecule has 3 heterocycles. The minimum Gasteiger partial charge on any atom is -0.306 e. The summed E-state index contributed by atoms with van der Waals surface area (Å²) in [5, 5.41) is 4.55. The van der Waals surface area contributed by atoms with E-state index in [1.54, 1.807) is 36.4 Å². The van der Waals surface area contributed by atoms with Crippen molar-refractivity contribution in [3.05, 3.63) is 160 Å². The third kappa shape index (κ3) is 3.72. The van der Waals surface area contributed by atoms with Gasteiger partial charge in [-0.15, -0.1) is 0 Å². The predicted octanol–water partition coefficient (Wildman–Crippen LogP) is 12.4. The van der Waals surface area contributed by atoms with Crippen LogP contribution in [0.3, 0.4) is 0 Å².